The number of rotatable bonds is 4. The van der Waals surface area contributed by atoms with E-state index >= 15 is 0 Å². The first-order valence-electron chi connectivity index (χ1n) is 4.50. The number of methoxy groups -OCH3 is 1. The van der Waals surface area contributed by atoms with Crippen LogP contribution in [0.25, 0.3) is 0 Å². The van der Waals surface area contributed by atoms with E-state index in [1.54, 1.807) is 7.11 Å². The maximum absolute atomic E-state index is 5.82. The summed E-state index contributed by atoms with van der Waals surface area (Å²) in [5.41, 5.74) is 6.98. The van der Waals surface area contributed by atoms with Gasteiger partial charge in [0.05, 0.1) is 7.11 Å². The van der Waals surface area contributed by atoms with Gasteiger partial charge in [-0.2, -0.15) is 0 Å². The molecule has 0 amide bonds. The molecule has 2 N–H and O–H groups in total. The van der Waals surface area contributed by atoms with Crippen LogP contribution in [0.4, 0.5) is 0 Å². The van der Waals surface area contributed by atoms with E-state index in [2.05, 4.69) is 11.9 Å². The van der Waals surface area contributed by atoms with Crippen molar-refractivity contribution in [1.29, 1.82) is 0 Å². The maximum atomic E-state index is 5.82. The quantitative estimate of drug-likeness (QED) is 0.761. The van der Waals surface area contributed by atoms with Gasteiger partial charge >= 0.3 is 0 Å². The fraction of sp³-hybridized carbons (Fsp3) is 0.500. The lowest BCUT2D eigenvalue weighted by Gasteiger charge is -2.08. The van der Waals surface area contributed by atoms with Crippen molar-refractivity contribution in [1.82, 2.24) is 4.98 Å². The molecule has 0 fully saturated rings. The first kappa shape index (κ1) is 9.99. The van der Waals surface area contributed by atoms with E-state index in [9.17, 15) is 0 Å². The summed E-state index contributed by atoms with van der Waals surface area (Å²) in [5, 5.41) is 0. The Morgan fingerprint density at radius 1 is 1.54 bits per heavy atom. The molecule has 1 atom stereocenters. The van der Waals surface area contributed by atoms with Crippen LogP contribution < -0.4 is 10.5 Å². The predicted octanol–water partition coefficient (Wildman–Crippen LogP) is 1.37. The van der Waals surface area contributed by atoms with E-state index in [1.807, 2.05) is 18.3 Å². The smallest absolute Gasteiger partial charge is 0.212 e. The largest absolute Gasteiger partial charge is 0.481 e. The molecule has 0 saturated heterocycles. The normalized spacial score (nSPS) is 12.5. The van der Waals surface area contributed by atoms with Gasteiger partial charge in [0.15, 0.2) is 0 Å². The Kier molecular flexibility index (Phi) is 3.71. The number of pyridine rings is 1. The molecule has 0 saturated carbocycles. The summed E-state index contributed by atoms with van der Waals surface area (Å²) < 4.78 is 4.96. The fourth-order valence-corrected chi connectivity index (χ4v) is 1.10. The average Bonchev–Trinajstić information content (AvgIpc) is 2.19. The molecule has 0 aromatic carbocycles. The summed E-state index contributed by atoms with van der Waals surface area (Å²) in [6, 6.07) is 4.09. The van der Waals surface area contributed by atoms with E-state index in [-0.39, 0.29) is 6.04 Å². The zero-order valence-corrected chi connectivity index (χ0v) is 8.16. The van der Waals surface area contributed by atoms with Crippen LogP contribution in [0.15, 0.2) is 18.3 Å². The molecule has 1 aromatic heterocycles. The van der Waals surface area contributed by atoms with Crippen molar-refractivity contribution in [2.24, 2.45) is 5.73 Å². The zero-order valence-electron chi connectivity index (χ0n) is 8.16. The molecule has 0 bridgehead atoms. The van der Waals surface area contributed by atoms with Crippen LogP contribution in [-0.4, -0.2) is 18.1 Å². The Labute approximate surface area is 78.9 Å². The molecule has 72 valence electrons. The standard InChI is InChI=1S/C10H16N2O/c1-3-9(11)6-8-4-5-10(13-2)12-7-8/h4-5,7,9H,3,6,11H2,1-2H3/t9-/m1/s1. The van der Waals surface area contributed by atoms with Crippen molar-refractivity contribution < 1.29 is 4.74 Å². The first-order chi connectivity index (χ1) is 6.26. The van der Waals surface area contributed by atoms with Gasteiger partial charge in [-0.25, -0.2) is 4.98 Å². The SMILES string of the molecule is CC[C@@H](N)Cc1ccc(OC)nc1. The topological polar surface area (TPSA) is 48.1 Å². The van der Waals surface area contributed by atoms with Gasteiger partial charge in [-0.05, 0) is 18.4 Å². The molecule has 0 radical (unpaired) electrons. The molecule has 1 heterocycles. The fourth-order valence-electron chi connectivity index (χ4n) is 1.10. The molecule has 3 heteroatoms. The van der Waals surface area contributed by atoms with E-state index in [0.717, 1.165) is 18.4 Å². The minimum Gasteiger partial charge on any atom is -0.481 e. The highest BCUT2D eigenvalue weighted by Gasteiger charge is 2.01. The van der Waals surface area contributed by atoms with Gasteiger partial charge in [0.1, 0.15) is 0 Å². The first-order valence-corrected chi connectivity index (χ1v) is 4.50. The number of nitrogens with two attached hydrogens (primary N) is 1. The molecule has 0 aliphatic rings. The minimum atomic E-state index is 0.232. The van der Waals surface area contributed by atoms with Crippen LogP contribution in [0.1, 0.15) is 18.9 Å². The van der Waals surface area contributed by atoms with Gasteiger partial charge in [0.25, 0.3) is 0 Å². The summed E-state index contributed by atoms with van der Waals surface area (Å²) in [7, 11) is 1.61. The van der Waals surface area contributed by atoms with Crippen molar-refractivity contribution in [2.45, 2.75) is 25.8 Å². The van der Waals surface area contributed by atoms with Crippen LogP contribution in [0, 0.1) is 0 Å². The number of hydrogen-bond acceptors (Lipinski definition) is 3. The van der Waals surface area contributed by atoms with Crippen LogP contribution in [0.3, 0.4) is 0 Å². The Hall–Kier alpha value is -1.09. The highest BCUT2D eigenvalue weighted by Crippen LogP contribution is 2.08. The molecule has 1 rings (SSSR count). The van der Waals surface area contributed by atoms with Crippen LogP contribution >= 0.6 is 0 Å². The third-order valence-electron chi connectivity index (χ3n) is 2.03. The average molecular weight is 180 g/mol. The summed E-state index contributed by atoms with van der Waals surface area (Å²) >= 11 is 0. The van der Waals surface area contributed by atoms with Crippen LogP contribution in [0.5, 0.6) is 5.88 Å². The van der Waals surface area contributed by atoms with E-state index in [1.165, 1.54) is 0 Å². The molecule has 0 aliphatic heterocycles. The highest BCUT2D eigenvalue weighted by molar-refractivity contribution is 5.18. The molecular formula is C10H16N2O. The van der Waals surface area contributed by atoms with Crippen molar-refractivity contribution in [3.05, 3.63) is 23.9 Å². The van der Waals surface area contributed by atoms with Crippen LogP contribution in [0.2, 0.25) is 0 Å². The Morgan fingerprint density at radius 2 is 2.31 bits per heavy atom. The predicted molar refractivity (Wildman–Crippen MR) is 52.8 cm³/mol. The van der Waals surface area contributed by atoms with Crippen LogP contribution in [-0.2, 0) is 6.42 Å². The van der Waals surface area contributed by atoms with E-state index < -0.39 is 0 Å². The Bertz CT molecular complexity index is 246. The second kappa shape index (κ2) is 4.82. The molecule has 0 aliphatic carbocycles. The second-order valence-corrected chi connectivity index (χ2v) is 3.08. The minimum absolute atomic E-state index is 0.232. The molecule has 0 unspecified atom stereocenters. The summed E-state index contributed by atoms with van der Waals surface area (Å²) in [6.07, 6.45) is 3.69. The van der Waals surface area contributed by atoms with E-state index in [4.69, 9.17) is 10.5 Å². The van der Waals surface area contributed by atoms with Crippen molar-refractivity contribution in [3.63, 3.8) is 0 Å². The molecule has 3 nitrogen and oxygen atoms in total. The Morgan fingerprint density at radius 3 is 2.77 bits per heavy atom. The summed E-state index contributed by atoms with van der Waals surface area (Å²) in [6.45, 7) is 2.08. The van der Waals surface area contributed by atoms with Gasteiger partial charge in [0, 0.05) is 18.3 Å². The molecule has 1 aromatic rings. The third-order valence-corrected chi connectivity index (χ3v) is 2.03. The maximum Gasteiger partial charge on any atom is 0.212 e. The lowest BCUT2D eigenvalue weighted by molar-refractivity contribution is 0.397. The Balaban J connectivity index is 2.58. The van der Waals surface area contributed by atoms with Gasteiger partial charge in [-0.1, -0.05) is 13.0 Å². The third kappa shape index (κ3) is 3.03. The summed E-state index contributed by atoms with van der Waals surface area (Å²) in [4.78, 5) is 4.11. The molecule has 13 heavy (non-hydrogen) atoms. The number of hydrogen-bond donors (Lipinski definition) is 1. The van der Waals surface area contributed by atoms with E-state index in [0.29, 0.717) is 5.88 Å². The number of ether oxygens (including phenoxy) is 1. The van der Waals surface area contributed by atoms with Gasteiger partial charge in [-0.3, -0.25) is 0 Å². The highest BCUT2D eigenvalue weighted by atomic mass is 16.5. The van der Waals surface area contributed by atoms with Gasteiger partial charge < -0.3 is 10.5 Å². The molecule has 0 spiro atoms. The van der Waals surface area contributed by atoms with Gasteiger partial charge in [-0.15, -0.1) is 0 Å². The monoisotopic (exact) mass is 180 g/mol. The summed E-state index contributed by atoms with van der Waals surface area (Å²) in [5.74, 6) is 0.647. The van der Waals surface area contributed by atoms with Crippen molar-refractivity contribution >= 4 is 0 Å². The zero-order chi connectivity index (χ0) is 9.68. The lowest BCUT2D eigenvalue weighted by Crippen LogP contribution is -2.21. The lowest BCUT2D eigenvalue weighted by atomic mass is 10.1. The number of nitrogens with zero attached hydrogens (tertiary/aromatic N) is 1. The van der Waals surface area contributed by atoms with Crippen molar-refractivity contribution in [2.75, 3.05) is 7.11 Å². The second-order valence-electron chi connectivity index (χ2n) is 3.08. The number of aromatic nitrogens is 1. The molecular weight excluding hydrogens is 164 g/mol. The van der Waals surface area contributed by atoms with Crippen molar-refractivity contribution in [3.8, 4) is 5.88 Å². The van der Waals surface area contributed by atoms with Gasteiger partial charge in [0.2, 0.25) is 5.88 Å².